The maximum Gasteiger partial charge on any atom is 0.134 e. The fraction of sp³-hybridized carbons (Fsp3) is 0.500. The Morgan fingerprint density at radius 1 is 1.32 bits per heavy atom. The molecule has 1 aliphatic carbocycles. The number of hydrogen-bond donors (Lipinski definition) is 1. The SMILES string of the molecule is NC(COCCC1CCC1)c1cc2ccccc2o1. The average molecular weight is 259 g/mol. The van der Waals surface area contributed by atoms with E-state index >= 15 is 0 Å². The number of furan rings is 1. The van der Waals surface area contributed by atoms with E-state index in [1.165, 1.54) is 25.7 Å². The minimum atomic E-state index is -0.172. The van der Waals surface area contributed by atoms with Gasteiger partial charge < -0.3 is 14.9 Å². The summed E-state index contributed by atoms with van der Waals surface area (Å²) in [5.74, 6) is 1.70. The van der Waals surface area contributed by atoms with Gasteiger partial charge in [0.15, 0.2) is 0 Å². The lowest BCUT2D eigenvalue weighted by Crippen LogP contribution is -2.19. The van der Waals surface area contributed by atoms with Crippen LogP contribution in [0.4, 0.5) is 0 Å². The molecule has 0 aliphatic heterocycles. The highest BCUT2D eigenvalue weighted by Crippen LogP contribution is 2.29. The molecule has 0 saturated heterocycles. The molecule has 1 aliphatic rings. The van der Waals surface area contributed by atoms with Crippen LogP contribution < -0.4 is 5.73 Å². The minimum Gasteiger partial charge on any atom is -0.459 e. The fourth-order valence-corrected chi connectivity index (χ4v) is 2.51. The van der Waals surface area contributed by atoms with Crippen molar-refractivity contribution >= 4 is 11.0 Å². The zero-order valence-corrected chi connectivity index (χ0v) is 11.2. The van der Waals surface area contributed by atoms with Crippen molar-refractivity contribution in [2.75, 3.05) is 13.2 Å². The van der Waals surface area contributed by atoms with Crippen LogP contribution in [0.2, 0.25) is 0 Å². The lowest BCUT2D eigenvalue weighted by Gasteiger charge is -2.25. The Bertz CT molecular complexity index is 497. The predicted molar refractivity (Wildman–Crippen MR) is 75.9 cm³/mol. The first kappa shape index (κ1) is 12.7. The van der Waals surface area contributed by atoms with Gasteiger partial charge in [-0.1, -0.05) is 37.5 Å². The van der Waals surface area contributed by atoms with Gasteiger partial charge in [-0.3, -0.25) is 0 Å². The highest BCUT2D eigenvalue weighted by molar-refractivity contribution is 5.77. The van der Waals surface area contributed by atoms with Gasteiger partial charge in [0.25, 0.3) is 0 Å². The van der Waals surface area contributed by atoms with Crippen molar-refractivity contribution in [2.45, 2.75) is 31.7 Å². The summed E-state index contributed by atoms with van der Waals surface area (Å²) in [7, 11) is 0. The molecule has 2 aromatic rings. The first-order chi connectivity index (χ1) is 9.33. The number of para-hydroxylation sites is 1. The van der Waals surface area contributed by atoms with Gasteiger partial charge in [0.05, 0.1) is 12.6 Å². The molecule has 102 valence electrons. The first-order valence-electron chi connectivity index (χ1n) is 7.15. The summed E-state index contributed by atoms with van der Waals surface area (Å²) in [6.45, 7) is 1.35. The van der Waals surface area contributed by atoms with E-state index in [1.807, 2.05) is 30.3 Å². The van der Waals surface area contributed by atoms with Crippen LogP contribution in [0.1, 0.15) is 37.5 Å². The monoisotopic (exact) mass is 259 g/mol. The summed E-state index contributed by atoms with van der Waals surface area (Å²) in [6.07, 6.45) is 5.31. The lowest BCUT2D eigenvalue weighted by molar-refractivity contribution is 0.0926. The molecule has 3 rings (SSSR count). The number of ether oxygens (including phenoxy) is 1. The van der Waals surface area contributed by atoms with Crippen LogP contribution in [0.15, 0.2) is 34.7 Å². The van der Waals surface area contributed by atoms with Crippen molar-refractivity contribution in [1.82, 2.24) is 0 Å². The van der Waals surface area contributed by atoms with E-state index < -0.39 is 0 Å². The number of benzene rings is 1. The van der Waals surface area contributed by atoms with E-state index in [2.05, 4.69) is 0 Å². The summed E-state index contributed by atoms with van der Waals surface area (Å²) < 4.78 is 11.4. The molecule has 19 heavy (non-hydrogen) atoms. The summed E-state index contributed by atoms with van der Waals surface area (Å²) >= 11 is 0. The van der Waals surface area contributed by atoms with Crippen molar-refractivity contribution in [2.24, 2.45) is 11.7 Å². The molecule has 1 unspecified atom stereocenters. The summed E-state index contributed by atoms with van der Waals surface area (Å²) in [6, 6.07) is 9.80. The molecule has 3 nitrogen and oxygen atoms in total. The highest BCUT2D eigenvalue weighted by Gasteiger charge is 2.17. The van der Waals surface area contributed by atoms with Gasteiger partial charge in [-0.25, -0.2) is 0 Å². The Morgan fingerprint density at radius 2 is 2.16 bits per heavy atom. The molecule has 3 heteroatoms. The second-order valence-electron chi connectivity index (χ2n) is 5.45. The molecule has 0 radical (unpaired) electrons. The fourth-order valence-electron chi connectivity index (χ4n) is 2.51. The Hall–Kier alpha value is -1.32. The van der Waals surface area contributed by atoms with Gasteiger partial charge in [-0.15, -0.1) is 0 Å². The molecule has 1 fully saturated rings. The van der Waals surface area contributed by atoms with Crippen molar-refractivity contribution in [3.63, 3.8) is 0 Å². The van der Waals surface area contributed by atoms with E-state index in [4.69, 9.17) is 14.9 Å². The zero-order valence-electron chi connectivity index (χ0n) is 11.2. The van der Waals surface area contributed by atoms with Gasteiger partial charge >= 0.3 is 0 Å². The van der Waals surface area contributed by atoms with Crippen LogP contribution >= 0.6 is 0 Å². The average Bonchev–Trinajstić information content (AvgIpc) is 2.80. The summed E-state index contributed by atoms with van der Waals surface area (Å²) in [5.41, 5.74) is 6.99. The quantitative estimate of drug-likeness (QED) is 0.806. The Kier molecular flexibility index (Phi) is 3.85. The maximum atomic E-state index is 6.10. The van der Waals surface area contributed by atoms with Crippen LogP contribution in [0.25, 0.3) is 11.0 Å². The van der Waals surface area contributed by atoms with E-state index in [0.717, 1.165) is 29.3 Å². The maximum absolute atomic E-state index is 6.10. The smallest absolute Gasteiger partial charge is 0.134 e. The standard InChI is InChI=1S/C16H21NO2/c17-14(11-18-9-8-12-4-3-5-12)16-10-13-6-1-2-7-15(13)19-16/h1-2,6-7,10,12,14H,3-5,8-9,11,17H2. The van der Waals surface area contributed by atoms with Crippen molar-refractivity contribution < 1.29 is 9.15 Å². The van der Waals surface area contributed by atoms with Crippen LogP contribution in [-0.2, 0) is 4.74 Å². The molecule has 1 aromatic heterocycles. The van der Waals surface area contributed by atoms with Crippen LogP contribution in [0, 0.1) is 5.92 Å². The molecule has 1 aromatic carbocycles. The molecular formula is C16H21NO2. The van der Waals surface area contributed by atoms with Crippen LogP contribution in [0.3, 0.4) is 0 Å². The second-order valence-corrected chi connectivity index (χ2v) is 5.45. The molecular weight excluding hydrogens is 238 g/mol. The molecule has 0 bridgehead atoms. The predicted octanol–water partition coefficient (Wildman–Crippen LogP) is 3.64. The van der Waals surface area contributed by atoms with Gasteiger partial charge in [0.1, 0.15) is 11.3 Å². The number of rotatable bonds is 6. The molecule has 0 amide bonds. The third kappa shape index (κ3) is 2.99. The molecule has 1 heterocycles. The Balaban J connectivity index is 1.49. The number of nitrogens with two attached hydrogens (primary N) is 1. The van der Waals surface area contributed by atoms with Crippen LogP contribution in [0.5, 0.6) is 0 Å². The third-order valence-corrected chi connectivity index (χ3v) is 4.00. The van der Waals surface area contributed by atoms with E-state index in [9.17, 15) is 0 Å². The lowest BCUT2D eigenvalue weighted by atomic mass is 9.83. The Morgan fingerprint density at radius 3 is 2.89 bits per heavy atom. The second kappa shape index (κ2) is 5.76. The van der Waals surface area contributed by atoms with Crippen molar-refractivity contribution in [1.29, 1.82) is 0 Å². The number of fused-ring (bicyclic) bond motifs is 1. The van der Waals surface area contributed by atoms with Gasteiger partial charge in [-0.05, 0) is 24.5 Å². The molecule has 0 spiro atoms. The largest absolute Gasteiger partial charge is 0.459 e. The van der Waals surface area contributed by atoms with Gasteiger partial charge in [-0.2, -0.15) is 0 Å². The number of hydrogen-bond acceptors (Lipinski definition) is 3. The van der Waals surface area contributed by atoms with Crippen LogP contribution in [-0.4, -0.2) is 13.2 Å². The normalized spacial score (nSPS) is 17.5. The van der Waals surface area contributed by atoms with Gasteiger partial charge in [0.2, 0.25) is 0 Å². The highest BCUT2D eigenvalue weighted by atomic mass is 16.5. The summed E-state index contributed by atoms with van der Waals surface area (Å²) in [5, 5.41) is 1.10. The molecule has 1 saturated carbocycles. The zero-order chi connectivity index (χ0) is 13.1. The minimum absolute atomic E-state index is 0.172. The van der Waals surface area contributed by atoms with Crippen molar-refractivity contribution in [3.8, 4) is 0 Å². The van der Waals surface area contributed by atoms with E-state index in [-0.39, 0.29) is 6.04 Å². The third-order valence-electron chi connectivity index (χ3n) is 4.00. The van der Waals surface area contributed by atoms with Crippen molar-refractivity contribution in [3.05, 3.63) is 36.1 Å². The van der Waals surface area contributed by atoms with E-state index in [1.54, 1.807) is 0 Å². The summed E-state index contributed by atoms with van der Waals surface area (Å²) in [4.78, 5) is 0. The molecule has 2 N–H and O–H groups in total. The molecule has 1 atom stereocenters. The topological polar surface area (TPSA) is 48.4 Å². The van der Waals surface area contributed by atoms with Gasteiger partial charge in [0, 0.05) is 12.0 Å². The first-order valence-corrected chi connectivity index (χ1v) is 7.15. The Labute approximate surface area is 113 Å². The van der Waals surface area contributed by atoms with E-state index in [0.29, 0.717) is 6.61 Å².